The van der Waals surface area contributed by atoms with Crippen molar-refractivity contribution in [1.29, 1.82) is 0 Å². The van der Waals surface area contributed by atoms with Gasteiger partial charge in [-0.3, -0.25) is 14.6 Å². The van der Waals surface area contributed by atoms with Crippen LogP contribution < -0.4 is 10.6 Å². The zero-order chi connectivity index (χ0) is 30.8. The lowest BCUT2D eigenvalue weighted by atomic mass is 10.0. The van der Waals surface area contributed by atoms with Gasteiger partial charge in [-0.25, -0.2) is 14.6 Å². The van der Waals surface area contributed by atoms with Gasteiger partial charge in [0, 0.05) is 5.75 Å². The van der Waals surface area contributed by atoms with E-state index in [0.29, 0.717) is 22.2 Å². The van der Waals surface area contributed by atoms with Gasteiger partial charge in [-0.15, -0.1) is 11.8 Å². The number of allylic oxidation sites excluding steroid dienone is 1. The SMILES string of the molecule is CCC/C=C/C(CC(=O)O)OC(=O)C(NC(=O)C1(C)CSC(c2cccc(CNC(=O)OC(C)(C)C)n2)=N1)C(C)C. The third kappa shape index (κ3) is 11.2. The highest BCUT2D eigenvalue weighted by Gasteiger charge is 2.41. The number of nitrogens with one attached hydrogen (secondary N) is 2. The van der Waals surface area contributed by atoms with Crippen molar-refractivity contribution in [3.63, 3.8) is 0 Å². The van der Waals surface area contributed by atoms with Crippen LogP contribution in [0.4, 0.5) is 4.79 Å². The molecule has 41 heavy (non-hydrogen) atoms. The van der Waals surface area contributed by atoms with Crippen LogP contribution in [-0.4, -0.2) is 68.1 Å². The fraction of sp³-hybridized carbons (Fsp3) is 0.586. The van der Waals surface area contributed by atoms with E-state index in [1.54, 1.807) is 71.9 Å². The average Bonchev–Trinajstić information content (AvgIpc) is 3.28. The van der Waals surface area contributed by atoms with Gasteiger partial charge in [0.1, 0.15) is 28.3 Å². The number of carboxylic acid groups (broad SMARTS) is 1. The largest absolute Gasteiger partial charge is 0.481 e. The molecule has 1 aromatic heterocycles. The van der Waals surface area contributed by atoms with Crippen molar-refractivity contribution in [1.82, 2.24) is 15.6 Å². The number of hydrogen-bond acceptors (Lipinski definition) is 9. The number of aliphatic imine (C=N–C) groups is 1. The number of hydrogen-bond donors (Lipinski definition) is 3. The van der Waals surface area contributed by atoms with Crippen LogP contribution >= 0.6 is 11.8 Å². The molecule has 0 radical (unpaired) electrons. The number of nitrogens with zero attached hydrogens (tertiary/aromatic N) is 2. The average molecular weight is 591 g/mol. The number of carbonyl (C=O) groups is 4. The fourth-order valence-electron chi connectivity index (χ4n) is 3.67. The van der Waals surface area contributed by atoms with E-state index in [9.17, 15) is 24.3 Å². The lowest BCUT2D eigenvalue weighted by Crippen LogP contribution is -2.53. The van der Waals surface area contributed by atoms with Crippen LogP contribution in [0, 0.1) is 5.92 Å². The first-order valence-electron chi connectivity index (χ1n) is 13.7. The summed E-state index contributed by atoms with van der Waals surface area (Å²) in [6, 6.07) is 4.34. The maximum Gasteiger partial charge on any atom is 0.407 e. The number of thioether (sulfide) groups is 1. The Morgan fingerprint density at radius 1 is 1.22 bits per heavy atom. The molecule has 3 N–H and O–H groups in total. The molecule has 11 nitrogen and oxygen atoms in total. The molecule has 0 spiro atoms. The van der Waals surface area contributed by atoms with E-state index in [1.165, 1.54) is 11.8 Å². The highest BCUT2D eigenvalue weighted by Crippen LogP contribution is 2.31. The van der Waals surface area contributed by atoms with E-state index in [2.05, 4.69) is 20.6 Å². The topological polar surface area (TPSA) is 156 Å². The number of carbonyl (C=O) groups excluding carboxylic acids is 3. The maximum absolute atomic E-state index is 13.4. The van der Waals surface area contributed by atoms with E-state index in [-0.39, 0.29) is 18.9 Å². The number of amides is 2. The molecule has 12 heteroatoms. The Labute approximate surface area is 245 Å². The van der Waals surface area contributed by atoms with Crippen molar-refractivity contribution in [3.8, 4) is 0 Å². The monoisotopic (exact) mass is 590 g/mol. The number of esters is 1. The molecule has 2 heterocycles. The molecule has 0 bridgehead atoms. The van der Waals surface area contributed by atoms with Crippen LogP contribution in [0.5, 0.6) is 0 Å². The Kier molecular flexibility index (Phi) is 12.4. The molecule has 0 fully saturated rings. The van der Waals surface area contributed by atoms with E-state index in [4.69, 9.17) is 9.47 Å². The van der Waals surface area contributed by atoms with Gasteiger partial charge in [0.25, 0.3) is 0 Å². The smallest absolute Gasteiger partial charge is 0.407 e. The van der Waals surface area contributed by atoms with Crippen molar-refractivity contribution in [3.05, 3.63) is 41.7 Å². The highest BCUT2D eigenvalue weighted by atomic mass is 32.2. The number of alkyl carbamates (subject to hydrolysis) is 1. The number of aromatic nitrogens is 1. The van der Waals surface area contributed by atoms with Crippen LogP contribution in [0.25, 0.3) is 0 Å². The molecule has 0 saturated heterocycles. The van der Waals surface area contributed by atoms with E-state index in [1.807, 2.05) is 6.92 Å². The predicted molar refractivity (Wildman–Crippen MR) is 158 cm³/mol. The summed E-state index contributed by atoms with van der Waals surface area (Å²) in [7, 11) is 0. The second-order valence-electron chi connectivity index (χ2n) is 11.3. The van der Waals surface area contributed by atoms with Gasteiger partial charge >= 0.3 is 18.0 Å². The summed E-state index contributed by atoms with van der Waals surface area (Å²) in [6.07, 6.45) is 3.11. The molecular formula is C29H42N4O7S. The molecule has 2 rings (SSSR count). The van der Waals surface area contributed by atoms with Crippen LogP contribution in [-0.2, 0) is 30.4 Å². The van der Waals surface area contributed by atoms with Crippen LogP contribution in [0.2, 0.25) is 0 Å². The Morgan fingerprint density at radius 3 is 2.54 bits per heavy atom. The summed E-state index contributed by atoms with van der Waals surface area (Å²) >= 11 is 1.37. The summed E-state index contributed by atoms with van der Waals surface area (Å²) in [5.41, 5.74) is -0.621. The summed E-state index contributed by atoms with van der Waals surface area (Å²) in [4.78, 5) is 58.9. The van der Waals surface area contributed by atoms with Gasteiger partial charge in [-0.05, 0) is 58.2 Å². The Morgan fingerprint density at radius 2 is 1.93 bits per heavy atom. The van der Waals surface area contributed by atoms with Gasteiger partial charge in [-0.1, -0.05) is 39.3 Å². The van der Waals surface area contributed by atoms with Gasteiger partial charge in [0.15, 0.2) is 0 Å². The lowest BCUT2D eigenvalue weighted by molar-refractivity contribution is -0.155. The highest BCUT2D eigenvalue weighted by molar-refractivity contribution is 8.14. The minimum absolute atomic E-state index is 0.160. The summed E-state index contributed by atoms with van der Waals surface area (Å²) in [5, 5.41) is 15.2. The fourth-order valence-corrected chi connectivity index (χ4v) is 4.81. The molecule has 3 unspecified atom stereocenters. The molecule has 1 aromatic rings. The van der Waals surface area contributed by atoms with E-state index in [0.717, 1.165) is 12.8 Å². The van der Waals surface area contributed by atoms with Crippen molar-refractivity contribution in [2.75, 3.05) is 5.75 Å². The number of ether oxygens (including phenoxy) is 2. The third-order valence-corrected chi connectivity index (χ3v) is 7.10. The van der Waals surface area contributed by atoms with Crippen LogP contribution in [0.3, 0.4) is 0 Å². The molecule has 0 aliphatic carbocycles. The summed E-state index contributed by atoms with van der Waals surface area (Å²) < 4.78 is 10.7. The maximum atomic E-state index is 13.4. The molecule has 0 saturated carbocycles. The van der Waals surface area contributed by atoms with E-state index >= 15 is 0 Å². The molecule has 226 valence electrons. The summed E-state index contributed by atoms with van der Waals surface area (Å²) in [6.45, 7) is 12.7. The Bertz CT molecular complexity index is 1160. The van der Waals surface area contributed by atoms with Crippen LogP contribution in [0.1, 0.15) is 79.1 Å². The second kappa shape index (κ2) is 15.0. The standard InChI is InChI=1S/C29H42N4O7S/c1-8-9-10-13-20(15-22(34)35)39-25(36)23(18(2)3)32-26(37)29(7)17-41-24(33-29)21-14-11-12-19(31-21)16-30-27(38)40-28(4,5)6/h10-14,18,20,23H,8-9,15-17H2,1-7H3,(H,30,38)(H,32,37)(H,34,35)/b13-10+. The van der Waals surface area contributed by atoms with Crippen molar-refractivity contribution in [2.24, 2.45) is 10.9 Å². The van der Waals surface area contributed by atoms with Crippen LogP contribution in [0.15, 0.2) is 35.3 Å². The molecular weight excluding hydrogens is 548 g/mol. The first-order chi connectivity index (χ1) is 19.1. The number of unbranched alkanes of at least 4 members (excludes halogenated alkanes) is 1. The van der Waals surface area contributed by atoms with Gasteiger partial charge in [0.05, 0.1) is 24.4 Å². The first kappa shape index (κ1) is 33.8. The van der Waals surface area contributed by atoms with E-state index < -0.39 is 47.2 Å². The molecule has 2 amide bonds. The van der Waals surface area contributed by atoms with Crippen molar-refractivity contribution < 1.29 is 33.8 Å². The second-order valence-corrected chi connectivity index (χ2v) is 12.3. The number of pyridine rings is 1. The zero-order valence-electron chi connectivity index (χ0n) is 24.9. The van der Waals surface area contributed by atoms with Gasteiger partial charge in [-0.2, -0.15) is 0 Å². The number of carboxylic acids is 1. The molecule has 1 aliphatic heterocycles. The van der Waals surface area contributed by atoms with Crippen molar-refractivity contribution >= 4 is 40.7 Å². The minimum atomic E-state index is -1.17. The van der Waals surface area contributed by atoms with Gasteiger partial charge in [0.2, 0.25) is 5.91 Å². The normalized spacial score (nSPS) is 18.5. The zero-order valence-corrected chi connectivity index (χ0v) is 25.7. The third-order valence-electron chi connectivity index (χ3n) is 5.82. The predicted octanol–water partition coefficient (Wildman–Crippen LogP) is 4.24. The molecule has 0 aromatic carbocycles. The summed E-state index contributed by atoms with van der Waals surface area (Å²) in [5.74, 6) is -2.23. The Hall–Kier alpha value is -3.41. The number of rotatable bonds is 13. The molecule has 1 aliphatic rings. The quantitative estimate of drug-likeness (QED) is 0.226. The van der Waals surface area contributed by atoms with Crippen molar-refractivity contribution in [2.45, 2.75) is 97.6 Å². The first-order valence-corrected chi connectivity index (χ1v) is 14.7. The van der Waals surface area contributed by atoms with Gasteiger partial charge < -0.3 is 25.2 Å². The molecule has 3 atom stereocenters. The minimum Gasteiger partial charge on any atom is -0.481 e. The number of aliphatic carboxylic acids is 1. The Balaban J connectivity index is 2.11. The lowest BCUT2D eigenvalue weighted by Gasteiger charge is -2.27.